The van der Waals surface area contributed by atoms with Crippen molar-refractivity contribution >= 4 is 10.0 Å². The first-order valence-corrected chi connectivity index (χ1v) is 7.93. The summed E-state index contributed by atoms with van der Waals surface area (Å²) in [5.41, 5.74) is 1.54. The molecule has 1 aromatic rings. The molecule has 0 spiro atoms. The van der Waals surface area contributed by atoms with E-state index in [0.717, 1.165) is 36.8 Å². The Hall–Kier alpha value is -0.910. The Morgan fingerprint density at radius 1 is 1.11 bits per heavy atom. The van der Waals surface area contributed by atoms with Crippen LogP contribution in [-0.4, -0.2) is 19.6 Å². The van der Waals surface area contributed by atoms with Crippen LogP contribution in [0.25, 0.3) is 0 Å². The first kappa shape index (κ1) is 13.5. The first-order valence-electron chi connectivity index (χ1n) is 6.28. The predicted octanol–water partition coefficient (Wildman–Crippen LogP) is 1.54. The van der Waals surface area contributed by atoms with Gasteiger partial charge in [-0.3, -0.25) is 0 Å². The van der Waals surface area contributed by atoms with Crippen LogP contribution >= 0.6 is 0 Å². The van der Waals surface area contributed by atoms with Crippen LogP contribution in [-0.2, 0) is 22.4 Å². The van der Waals surface area contributed by atoms with E-state index in [1.54, 1.807) is 24.3 Å². The van der Waals surface area contributed by atoms with Crippen LogP contribution < -0.4 is 4.72 Å². The standard InChI is InChI=1S/C13H19NO3S/c15-9-11-5-7-12(8-6-11)10-18(16,17)14-13-3-1-2-4-13/h5-8,13-15H,1-4,9-10H2. The fourth-order valence-corrected chi connectivity index (χ4v) is 3.76. The highest BCUT2D eigenvalue weighted by molar-refractivity contribution is 7.88. The number of nitrogens with one attached hydrogen (secondary N) is 1. The predicted molar refractivity (Wildman–Crippen MR) is 70.4 cm³/mol. The van der Waals surface area contributed by atoms with Gasteiger partial charge < -0.3 is 5.11 Å². The summed E-state index contributed by atoms with van der Waals surface area (Å²) in [6, 6.07) is 7.12. The van der Waals surface area contributed by atoms with E-state index in [1.165, 1.54) is 0 Å². The lowest BCUT2D eigenvalue weighted by atomic mass is 10.2. The minimum atomic E-state index is -3.25. The smallest absolute Gasteiger partial charge is 0.216 e. The molecule has 0 aliphatic heterocycles. The highest BCUT2D eigenvalue weighted by Gasteiger charge is 2.21. The quantitative estimate of drug-likeness (QED) is 0.852. The second-order valence-corrected chi connectivity index (χ2v) is 6.59. The van der Waals surface area contributed by atoms with Gasteiger partial charge in [-0.1, -0.05) is 37.1 Å². The molecule has 4 nitrogen and oxygen atoms in total. The monoisotopic (exact) mass is 269 g/mol. The highest BCUT2D eigenvalue weighted by Crippen LogP contribution is 2.19. The number of hydrogen-bond donors (Lipinski definition) is 2. The van der Waals surface area contributed by atoms with Gasteiger partial charge in [0.1, 0.15) is 0 Å². The third-order valence-corrected chi connectivity index (χ3v) is 4.67. The maximum atomic E-state index is 11.9. The molecule has 1 aliphatic rings. The molecule has 2 rings (SSSR count). The maximum absolute atomic E-state index is 11.9. The number of sulfonamides is 1. The summed E-state index contributed by atoms with van der Waals surface area (Å²) in [4.78, 5) is 0. The van der Waals surface area contributed by atoms with Crippen LogP contribution in [0.15, 0.2) is 24.3 Å². The summed E-state index contributed by atoms with van der Waals surface area (Å²) in [7, 11) is -3.25. The zero-order valence-electron chi connectivity index (χ0n) is 10.3. The summed E-state index contributed by atoms with van der Waals surface area (Å²) in [6.45, 7) is -0.0205. The summed E-state index contributed by atoms with van der Waals surface area (Å²) in [5, 5.41) is 8.92. The topological polar surface area (TPSA) is 66.4 Å². The van der Waals surface area contributed by atoms with Crippen molar-refractivity contribution in [1.82, 2.24) is 4.72 Å². The SMILES string of the molecule is O=S(=O)(Cc1ccc(CO)cc1)NC1CCCC1. The average molecular weight is 269 g/mol. The van der Waals surface area contributed by atoms with Crippen molar-refractivity contribution in [2.75, 3.05) is 0 Å². The van der Waals surface area contributed by atoms with Crippen LogP contribution in [0.1, 0.15) is 36.8 Å². The van der Waals surface area contributed by atoms with E-state index in [1.807, 2.05) is 0 Å². The van der Waals surface area contributed by atoms with E-state index in [9.17, 15) is 8.42 Å². The second kappa shape index (κ2) is 5.82. The minimum Gasteiger partial charge on any atom is -0.392 e. The molecule has 1 saturated carbocycles. The molecule has 1 aromatic carbocycles. The molecule has 5 heteroatoms. The zero-order valence-corrected chi connectivity index (χ0v) is 11.1. The fraction of sp³-hybridized carbons (Fsp3) is 0.538. The Bertz CT molecular complexity index is 475. The van der Waals surface area contributed by atoms with Gasteiger partial charge in [0.15, 0.2) is 0 Å². The van der Waals surface area contributed by atoms with Gasteiger partial charge >= 0.3 is 0 Å². The van der Waals surface area contributed by atoms with Crippen molar-refractivity contribution in [3.8, 4) is 0 Å². The molecule has 100 valence electrons. The second-order valence-electron chi connectivity index (χ2n) is 4.83. The molecule has 2 N–H and O–H groups in total. The fourth-order valence-electron chi connectivity index (χ4n) is 2.30. The molecule has 0 heterocycles. The third-order valence-electron chi connectivity index (χ3n) is 3.26. The molecular weight excluding hydrogens is 250 g/mol. The minimum absolute atomic E-state index is 0.00914. The lowest BCUT2D eigenvalue weighted by molar-refractivity contribution is 0.282. The molecule has 1 aliphatic carbocycles. The number of rotatable bonds is 5. The zero-order chi connectivity index (χ0) is 13.0. The van der Waals surface area contributed by atoms with E-state index in [4.69, 9.17) is 5.11 Å². The normalized spacial score (nSPS) is 17.2. The molecule has 18 heavy (non-hydrogen) atoms. The van der Waals surface area contributed by atoms with Crippen molar-refractivity contribution in [1.29, 1.82) is 0 Å². The third kappa shape index (κ3) is 3.80. The lowest BCUT2D eigenvalue weighted by Gasteiger charge is -2.12. The molecule has 0 amide bonds. The van der Waals surface area contributed by atoms with Gasteiger partial charge in [0.2, 0.25) is 10.0 Å². The van der Waals surface area contributed by atoms with Crippen LogP contribution in [0.3, 0.4) is 0 Å². The number of aliphatic hydroxyl groups excluding tert-OH is 1. The van der Waals surface area contributed by atoms with Crippen LogP contribution in [0.4, 0.5) is 0 Å². The van der Waals surface area contributed by atoms with E-state index >= 15 is 0 Å². The highest BCUT2D eigenvalue weighted by atomic mass is 32.2. The largest absolute Gasteiger partial charge is 0.392 e. The molecule has 1 fully saturated rings. The van der Waals surface area contributed by atoms with Gasteiger partial charge in [-0.05, 0) is 24.0 Å². The van der Waals surface area contributed by atoms with E-state index in [0.29, 0.717) is 0 Å². The molecule has 0 aromatic heterocycles. The lowest BCUT2D eigenvalue weighted by Crippen LogP contribution is -2.33. The number of aliphatic hydroxyl groups is 1. The van der Waals surface area contributed by atoms with Crippen molar-refractivity contribution < 1.29 is 13.5 Å². The van der Waals surface area contributed by atoms with E-state index < -0.39 is 10.0 Å². The van der Waals surface area contributed by atoms with Gasteiger partial charge in [-0.15, -0.1) is 0 Å². The number of benzene rings is 1. The van der Waals surface area contributed by atoms with Gasteiger partial charge in [-0.2, -0.15) is 0 Å². The Balaban J connectivity index is 1.97. The Labute approximate surface area is 108 Å². The molecular formula is C13H19NO3S. The van der Waals surface area contributed by atoms with Gasteiger partial charge in [0.25, 0.3) is 0 Å². The Morgan fingerprint density at radius 3 is 2.22 bits per heavy atom. The van der Waals surface area contributed by atoms with E-state index in [2.05, 4.69) is 4.72 Å². The van der Waals surface area contributed by atoms with Crippen molar-refractivity contribution in [3.63, 3.8) is 0 Å². The molecule has 0 atom stereocenters. The summed E-state index contributed by atoms with van der Waals surface area (Å²) < 4.78 is 26.7. The van der Waals surface area contributed by atoms with Crippen LogP contribution in [0.2, 0.25) is 0 Å². The first-order chi connectivity index (χ1) is 8.59. The van der Waals surface area contributed by atoms with Crippen LogP contribution in [0.5, 0.6) is 0 Å². The summed E-state index contributed by atoms with van der Waals surface area (Å²) >= 11 is 0. The molecule has 0 bridgehead atoms. The van der Waals surface area contributed by atoms with Crippen molar-refractivity contribution in [2.45, 2.75) is 44.1 Å². The maximum Gasteiger partial charge on any atom is 0.216 e. The average Bonchev–Trinajstić information content (AvgIpc) is 2.81. The van der Waals surface area contributed by atoms with E-state index in [-0.39, 0.29) is 18.4 Å². The Kier molecular flexibility index (Phi) is 4.37. The van der Waals surface area contributed by atoms with Crippen molar-refractivity contribution in [3.05, 3.63) is 35.4 Å². The summed E-state index contributed by atoms with van der Waals surface area (Å²) in [6.07, 6.45) is 4.11. The number of hydrogen-bond acceptors (Lipinski definition) is 3. The molecule has 0 unspecified atom stereocenters. The van der Waals surface area contributed by atoms with Crippen molar-refractivity contribution in [2.24, 2.45) is 0 Å². The Morgan fingerprint density at radius 2 is 1.67 bits per heavy atom. The van der Waals surface area contributed by atoms with Gasteiger partial charge in [-0.25, -0.2) is 13.1 Å². The molecule has 0 radical (unpaired) electrons. The van der Waals surface area contributed by atoms with Gasteiger partial charge in [0, 0.05) is 6.04 Å². The van der Waals surface area contributed by atoms with Gasteiger partial charge in [0.05, 0.1) is 12.4 Å². The summed E-state index contributed by atoms with van der Waals surface area (Å²) in [5.74, 6) is 0.00914. The van der Waals surface area contributed by atoms with Crippen LogP contribution in [0, 0.1) is 0 Å². The molecule has 0 saturated heterocycles.